The summed E-state index contributed by atoms with van der Waals surface area (Å²) in [6, 6.07) is 10.4. The number of nitro groups is 1. The molecule has 0 aromatic heterocycles. The zero-order valence-electron chi connectivity index (χ0n) is 11.4. The van der Waals surface area contributed by atoms with Crippen LogP contribution >= 0.6 is 0 Å². The lowest BCUT2D eigenvalue weighted by molar-refractivity contribution is -0.385. The fraction of sp³-hybridized carbons (Fsp3) is 0.200. The SMILES string of the molecule is Cc1ccc(Oc2ccc([N+](=O)[O-])c(C)c2)c(CN)c1. The zero-order chi connectivity index (χ0) is 14.7. The zero-order valence-corrected chi connectivity index (χ0v) is 11.4. The monoisotopic (exact) mass is 272 g/mol. The molecule has 0 amide bonds. The number of rotatable bonds is 4. The topological polar surface area (TPSA) is 78.4 Å². The van der Waals surface area contributed by atoms with E-state index in [0.29, 0.717) is 23.6 Å². The Morgan fingerprint density at radius 3 is 2.55 bits per heavy atom. The van der Waals surface area contributed by atoms with Gasteiger partial charge >= 0.3 is 0 Å². The number of nitrogens with two attached hydrogens (primary N) is 1. The van der Waals surface area contributed by atoms with Crippen molar-refractivity contribution < 1.29 is 9.66 Å². The number of nitrogens with zero attached hydrogens (tertiary/aromatic N) is 1. The van der Waals surface area contributed by atoms with Crippen LogP contribution in [0.15, 0.2) is 36.4 Å². The molecule has 104 valence electrons. The predicted molar refractivity (Wildman–Crippen MR) is 77.0 cm³/mol. The molecule has 5 heteroatoms. The van der Waals surface area contributed by atoms with Crippen molar-refractivity contribution in [1.82, 2.24) is 0 Å². The molecular weight excluding hydrogens is 256 g/mol. The Balaban J connectivity index is 2.31. The Morgan fingerprint density at radius 1 is 1.20 bits per heavy atom. The van der Waals surface area contributed by atoms with Gasteiger partial charge in [-0.2, -0.15) is 0 Å². The summed E-state index contributed by atoms with van der Waals surface area (Å²) in [4.78, 5) is 10.4. The fourth-order valence-electron chi connectivity index (χ4n) is 1.99. The molecule has 0 fully saturated rings. The molecule has 0 aliphatic carbocycles. The number of hydrogen-bond acceptors (Lipinski definition) is 4. The normalized spacial score (nSPS) is 10.3. The van der Waals surface area contributed by atoms with Crippen molar-refractivity contribution >= 4 is 5.69 Å². The standard InChI is InChI=1S/C15H16N2O3/c1-10-3-6-15(12(7-10)9-16)20-13-4-5-14(17(18)19)11(2)8-13/h3-8H,9,16H2,1-2H3. The fourth-order valence-corrected chi connectivity index (χ4v) is 1.99. The number of benzene rings is 2. The third-order valence-corrected chi connectivity index (χ3v) is 3.03. The smallest absolute Gasteiger partial charge is 0.272 e. The average molecular weight is 272 g/mol. The summed E-state index contributed by atoms with van der Waals surface area (Å²) in [7, 11) is 0. The maximum Gasteiger partial charge on any atom is 0.272 e. The minimum absolute atomic E-state index is 0.0836. The van der Waals surface area contributed by atoms with Crippen molar-refractivity contribution in [3.05, 3.63) is 63.2 Å². The highest BCUT2D eigenvalue weighted by atomic mass is 16.6. The lowest BCUT2D eigenvalue weighted by atomic mass is 10.1. The summed E-state index contributed by atoms with van der Waals surface area (Å²) in [5.74, 6) is 1.23. The maximum absolute atomic E-state index is 10.8. The van der Waals surface area contributed by atoms with Crippen molar-refractivity contribution in [2.45, 2.75) is 20.4 Å². The van der Waals surface area contributed by atoms with Gasteiger partial charge in [-0.25, -0.2) is 0 Å². The summed E-state index contributed by atoms with van der Waals surface area (Å²) in [6.07, 6.45) is 0. The van der Waals surface area contributed by atoms with Gasteiger partial charge in [0.1, 0.15) is 11.5 Å². The van der Waals surface area contributed by atoms with Crippen LogP contribution in [0.3, 0.4) is 0 Å². The molecule has 0 aliphatic heterocycles. The third kappa shape index (κ3) is 2.95. The average Bonchev–Trinajstić information content (AvgIpc) is 2.40. The van der Waals surface area contributed by atoms with Gasteiger partial charge in [-0.05, 0) is 32.0 Å². The van der Waals surface area contributed by atoms with E-state index in [4.69, 9.17) is 10.5 Å². The molecule has 5 nitrogen and oxygen atoms in total. The number of aryl methyl sites for hydroxylation is 2. The first-order valence-electron chi connectivity index (χ1n) is 6.23. The van der Waals surface area contributed by atoms with Gasteiger partial charge < -0.3 is 10.5 Å². The van der Waals surface area contributed by atoms with Crippen LogP contribution in [0.2, 0.25) is 0 Å². The van der Waals surface area contributed by atoms with E-state index in [0.717, 1.165) is 11.1 Å². The van der Waals surface area contributed by atoms with Gasteiger partial charge in [0, 0.05) is 23.7 Å². The second-order valence-electron chi connectivity index (χ2n) is 4.62. The molecule has 0 saturated carbocycles. The summed E-state index contributed by atoms with van der Waals surface area (Å²) in [5, 5.41) is 10.8. The number of nitro benzene ring substituents is 1. The van der Waals surface area contributed by atoms with Crippen LogP contribution in [0, 0.1) is 24.0 Å². The van der Waals surface area contributed by atoms with Crippen LogP contribution in [0.1, 0.15) is 16.7 Å². The Morgan fingerprint density at radius 2 is 1.95 bits per heavy atom. The molecule has 20 heavy (non-hydrogen) atoms. The Hall–Kier alpha value is -2.40. The van der Waals surface area contributed by atoms with Crippen LogP contribution in [-0.4, -0.2) is 4.92 Å². The van der Waals surface area contributed by atoms with E-state index in [1.807, 2.05) is 25.1 Å². The van der Waals surface area contributed by atoms with E-state index in [2.05, 4.69) is 0 Å². The van der Waals surface area contributed by atoms with Crippen LogP contribution in [-0.2, 0) is 6.54 Å². The van der Waals surface area contributed by atoms with Crippen molar-refractivity contribution in [3.8, 4) is 11.5 Å². The quantitative estimate of drug-likeness (QED) is 0.682. The molecule has 0 unspecified atom stereocenters. The van der Waals surface area contributed by atoms with E-state index >= 15 is 0 Å². The van der Waals surface area contributed by atoms with Gasteiger partial charge in [-0.3, -0.25) is 10.1 Å². The van der Waals surface area contributed by atoms with E-state index in [1.54, 1.807) is 19.1 Å². The van der Waals surface area contributed by atoms with E-state index in [-0.39, 0.29) is 5.69 Å². The van der Waals surface area contributed by atoms with Gasteiger partial charge in [0.05, 0.1) is 4.92 Å². The van der Waals surface area contributed by atoms with Crippen LogP contribution < -0.4 is 10.5 Å². The first kappa shape index (κ1) is 14.0. The van der Waals surface area contributed by atoms with Crippen LogP contribution in [0.5, 0.6) is 11.5 Å². The molecule has 0 radical (unpaired) electrons. The Kier molecular flexibility index (Phi) is 4.00. The molecule has 2 rings (SSSR count). The van der Waals surface area contributed by atoms with E-state index in [1.165, 1.54) is 6.07 Å². The summed E-state index contributed by atoms with van der Waals surface area (Å²) >= 11 is 0. The predicted octanol–water partition coefficient (Wildman–Crippen LogP) is 3.46. The van der Waals surface area contributed by atoms with Gasteiger partial charge in [0.2, 0.25) is 0 Å². The molecule has 0 spiro atoms. The molecule has 0 bridgehead atoms. The van der Waals surface area contributed by atoms with Crippen molar-refractivity contribution in [2.75, 3.05) is 0 Å². The first-order valence-corrected chi connectivity index (χ1v) is 6.23. The molecule has 0 saturated heterocycles. The van der Waals surface area contributed by atoms with Crippen molar-refractivity contribution in [2.24, 2.45) is 5.73 Å². The number of hydrogen-bond donors (Lipinski definition) is 1. The van der Waals surface area contributed by atoms with Gasteiger partial charge in [-0.15, -0.1) is 0 Å². The molecule has 2 aromatic carbocycles. The minimum atomic E-state index is -0.406. The molecular formula is C15H16N2O3. The lowest BCUT2D eigenvalue weighted by Gasteiger charge is -2.11. The third-order valence-electron chi connectivity index (χ3n) is 3.03. The van der Waals surface area contributed by atoms with Gasteiger partial charge in [0.25, 0.3) is 5.69 Å². The molecule has 2 N–H and O–H groups in total. The minimum Gasteiger partial charge on any atom is -0.457 e. The van der Waals surface area contributed by atoms with E-state index in [9.17, 15) is 10.1 Å². The molecule has 0 heterocycles. The Bertz CT molecular complexity index is 654. The summed E-state index contributed by atoms with van der Waals surface area (Å²) in [6.45, 7) is 4.05. The Labute approximate surface area is 117 Å². The molecule has 2 aromatic rings. The van der Waals surface area contributed by atoms with Gasteiger partial charge in [0.15, 0.2) is 0 Å². The second kappa shape index (κ2) is 5.71. The molecule has 0 aliphatic rings. The molecule has 0 atom stereocenters. The van der Waals surface area contributed by atoms with Crippen LogP contribution in [0.4, 0.5) is 5.69 Å². The summed E-state index contributed by atoms with van der Waals surface area (Å²) < 4.78 is 5.77. The second-order valence-corrected chi connectivity index (χ2v) is 4.62. The van der Waals surface area contributed by atoms with Crippen molar-refractivity contribution in [1.29, 1.82) is 0 Å². The van der Waals surface area contributed by atoms with Crippen LogP contribution in [0.25, 0.3) is 0 Å². The first-order chi connectivity index (χ1) is 9.51. The highest BCUT2D eigenvalue weighted by Gasteiger charge is 2.12. The lowest BCUT2D eigenvalue weighted by Crippen LogP contribution is -2.00. The maximum atomic E-state index is 10.8. The largest absolute Gasteiger partial charge is 0.457 e. The van der Waals surface area contributed by atoms with Gasteiger partial charge in [-0.1, -0.05) is 17.7 Å². The summed E-state index contributed by atoms with van der Waals surface area (Å²) in [5.41, 5.74) is 8.36. The van der Waals surface area contributed by atoms with E-state index < -0.39 is 4.92 Å². The number of ether oxygens (including phenoxy) is 1. The van der Waals surface area contributed by atoms with Crippen molar-refractivity contribution in [3.63, 3.8) is 0 Å². The highest BCUT2D eigenvalue weighted by molar-refractivity contribution is 5.47. The highest BCUT2D eigenvalue weighted by Crippen LogP contribution is 2.29.